The molecule has 0 saturated heterocycles. The summed E-state index contributed by atoms with van der Waals surface area (Å²) in [4.78, 5) is 20.1. The Morgan fingerprint density at radius 1 is 0.906 bits per heavy atom. The SMILES string of the molecule is CC(=O)COc1ccnc(OCc2nc3ccccc3c(OCc3ccccc3)c2C)c1. The third-order valence-corrected chi connectivity index (χ3v) is 4.91. The molecule has 0 aliphatic rings. The molecule has 32 heavy (non-hydrogen) atoms. The van der Waals surface area contributed by atoms with E-state index in [1.807, 2.05) is 61.5 Å². The number of nitrogens with zero attached hydrogens (tertiary/aromatic N) is 2. The van der Waals surface area contributed by atoms with Crippen LogP contribution in [0.25, 0.3) is 10.9 Å². The van der Waals surface area contributed by atoms with Gasteiger partial charge < -0.3 is 14.2 Å². The molecular formula is C26H24N2O4. The van der Waals surface area contributed by atoms with Crippen molar-refractivity contribution in [2.75, 3.05) is 6.61 Å². The number of Topliss-reactive ketones (excluding diaryl/α,β-unsaturated/α-hetero) is 1. The summed E-state index contributed by atoms with van der Waals surface area (Å²) in [5, 5.41) is 0.961. The minimum atomic E-state index is -0.0525. The van der Waals surface area contributed by atoms with Gasteiger partial charge in [0.25, 0.3) is 0 Å². The van der Waals surface area contributed by atoms with Crippen LogP contribution in [-0.4, -0.2) is 22.4 Å². The second-order valence-corrected chi connectivity index (χ2v) is 7.41. The van der Waals surface area contributed by atoms with Crippen molar-refractivity contribution in [1.29, 1.82) is 0 Å². The van der Waals surface area contributed by atoms with Crippen molar-refractivity contribution in [2.45, 2.75) is 27.1 Å². The second kappa shape index (κ2) is 9.92. The lowest BCUT2D eigenvalue weighted by atomic mass is 10.1. The Hall–Kier alpha value is -3.93. The number of benzene rings is 2. The summed E-state index contributed by atoms with van der Waals surface area (Å²) in [6.45, 7) is 4.16. The van der Waals surface area contributed by atoms with Gasteiger partial charge in [-0.25, -0.2) is 9.97 Å². The summed E-state index contributed by atoms with van der Waals surface area (Å²) in [6.07, 6.45) is 1.58. The van der Waals surface area contributed by atoms with Gasteiger partial charge >= 0.3 is 0 Å². The van der Waals surface area contributed by atoms with E-state index in [0.29, 0.717) is 18.2 Å². The van der Waals surface area contributed by atoms with Gasteiger partial charge in [-0.15, -0.1) is 0 Å². The molecule has 2 heterocycles. The van der Waals surface area contributed by atoms with Crippen LogP contribution in [0.2, 0.25) is 0 Å². The summed E-state index contributed by atoms with van der Waals surface area (Å²) in [7, 11) is 0. The first-order chi connectivity index (χ1) is 15.6. The molecule has 0 aliphatic heterocycles. The highest BCUT2D eigenvalue weighted by atomic mass is 16.5. The summed E-state index contributed by atoms with van der Waals surface area (Å²) in [6, 6.07) is 21.3. The van der Waals surface area contributed by atoms with Crippen LogP contribution in [0.4, 0.5) is 0 Å². The predicted molar refractivity (Wildman–Crippen MR) is 122 cm³/mol. The fourth-order valence-corrected chi connectivity index (χ4v) is 3.27. The molecule has 0 spiro atoms. The van der Waals surface area contributed by atoms with Crippen LogP contribution in [0.5, 0.6) is 17.4 Å². The number of fused-ring (bicyclic) bond motifs is 1. The Labute approximate surface area is 186 Å². The van der Waals surface area contributed by atoms with E-state index in [0.717, 1.165) is 33.5 Å². The van der Waals surface area contributed by atoms with Gasteiger partial charge in [-0.05, 0) is 37.6 Å². The van der Waals surface area contributed by atoms with Crippen LogP contribution in [0.3, 0.4) is 0 Å². The summed E-state index contributed by atoms with van der Waals surface area (Å²) in [5.74, 6) is 1.67. The first kappa shape index (κ1) is 21.3. The number of hydrogen-bond acceptors (Lipinski definition) is 6. The average Bonchev–Trinajstić information content (AvgIpc) is 2.82. The summed E-state index contributed by atoms with van der Waals surface area (Å²) >= 11 is 0. The van der Waals surface area contributed by atoms with Gasteiger partial charge in [0.1, 0.15) is 31.3 Å². The van der Waals surface area contributed by atoms with Crippen LogP contribution < -0.4 is 14.2 Å². The van der Waals surface area contributed by atoms with Gasteiger partial charge in [0.2, 0.25) is 5.88 Å². The quantitative estimate of drug-likeness (QED) is 0.371. The molecule has 4 aromatic rings. The molecule has 2 aromatic carbocycles. The molecule has 0 atom stereocenters. The van der Waals surface area contributed by atoms with E-state index in [-0.39, 0.29) is 19.0 Å². The van der Waals surface area contributed by atoms with Gasteiger partial charge in [-0.3, -0.25) is 4.79 Å². The number of ketones is 1. The summed E-state index contributed by atoms with van der Waals surface area (Å²) < 4.78 is 17.6. The van der Waals surface area contributed by atoms with Crippen LogP contribution >= 0.6 is 0 Å². The van der Waals surface area contributed by atoms with Crippen molar-refractivity contribution in [2.24, 2.45) is 0 Å². The smallest absolute Gasteiger partial charge is 0.217 e. The number of carbonyl (C=O) groups is 1. The first-order valence-corrected chi connectivity index (χ1v) is 10.4. The lowest BCUT2D eigenvalue weighted by molar-refractivity contribution is -0.118. The van der Waals surface area contributed by atoms with Gasteiger partial charge in [-0.1, -0.05) is 42.5 Å². The highest BCUT2D eigenvalue weighted by Gasteiger charge is 2.14. The Morgan fingerprint density at radius 2 is 1.69 bits per heavy atom. The van der Waals surface area contributed by atoms with Gasteiger partial charge in [0, 0.05) is 23.2 Å². The molecule has 0 unspecified atom stereocenters. The number of pyridine rings is 2. The highest BCUT2D eigenvalue weighted by molar-refractivity contribution is 5.86. The maximum Gasteiger partial charge on any atom is 0.217 e. The maximum atomic E-state index is 11.1. The molecule has 6 nitrogen and oxygen atoms in total. The van der Waals surface area contributed by atoms with E-state index in [1.165, 1.54) is 6.92 Å². The number of carbonyl (C=O) groups excluding carboxylic acids is 1. The van der Waals surface area contributed by atoms with Crippen LogP contribution in [-0.2, 0) is 18.0 Å². The van der Waals surface area contributed by atoms with E-state index >= 15 is 0 Å². The predicted octanol–water partition coefficient (Wildman–Crippen LogP) is 5.06. The Bertz CT molecular complexity index is 1230. The van der Waals surface area contributed by atoms with E-state index in [4.69, 9.17) is 19.2 Å². The van der Waals surface area contributed by atoms with Gasteiger partial charge in [0.15, 0.2) is 5.78 Å². The topological polar surface area (TPSA) is 70.5 Å². The summed E-state index contributed by atoms with van der Waals surface area (Å²) in [5.41, 5.74) is 3.62. The number of para-hydroxylation sites is 1. The molecule has 0 saturated carbocycles. The molecule has 0 amide bonds. The lowest BCUT2D eigenvalue weighted by Gasteiger charge is -2.16. The first-order valence-electron chi connectivity index (χ1n) is 10.4. The largest absolute Gasteiger partial charge is 0.488 e. The van der Waals surface area contributed by atoms with E-state index in [9.17, 15) is 4.79 Å². The maximum absolute atomic E-state index is 11.1. The van der Waals surface area contributed by atoms with Gasteiger partial charge in [0.05, 0.1) is 11.2 Å². The zero-order chi connectivity index (χ0) is 22.3. The van der Waals surface area contributed by atoms with E-state index in [2.05, 4.69) is 4.98 Å². The van der Waals surface area contributed by atoms with E-state index < -0.39 is 0 Å². The van der Waals surface area contributed by atoms with Crippen LogP contribution in [0, 0.1) is 6.92 Å². The standard InChI is InChI=1S/C26H24N2O4/c1-18(29)15-30-21-12-13-27-25(14-21)31-17-24-19(2)26(22-10-6-7-11-23(22)28-24)32-16-20-8-4-3-5-9-20/h3-14H,15-17H2,1-2H3. The monoisotopic (exact) mass is 428 g/mol. The number of ether oxygens (including phenoxy) is 3. The number of aromatic nitrogens is 2. The molecule has 0 aliphatic carbocycles. The average molecular weight is 428 g/mol. The second-order valence-electron chi connectivity index (χ2n) is 7.41. The zero-order valence-electron chi connectivity index (χ0n) is 18.1. The minimum absolute atomic E-state index is 0.0108. The van der Waals surface area contributed by atoms with Crippen LogP contribution in [0.15, 0.2) is 72.9 Å². The minimum Gasteiger partial charge on any atom is -0.488 e. The molecule has 162 valence electrons. The molecule has 4 rings (SSSR count). The molecule has 2 aromatic heterocycles. The van der Waals surface area contributed by atoms with Gasteiger partial charge in [-0.2, -0.15) is 0 Å². The molecule has 0 N–H and O–H groups in total. The zero-order valence-corrected chi connectivity index (χ0v) is 18.1. The fourth-order valence-electron chi connectivity index (χ4n) is 3.27. The molecular weight excluding hydrogens is 404 g/mol. The van der Waals surface area contributed by atoms with Crippen molar-refractivity contribution in [1.82, 2.24) is 9.97 Å². The van der Waals surface area contributed by atoms with Crippen molar-refractivity contribution in [3.05, 3.63) is 89.7 Å². The normalized spacial score (nSPS) is 10.7. The molecule has 0 bridgehead atoms. The molecule has 6 heteroatoms. The third-order valence-electron chi connectivity index (χ3n) is 4.91. The Balaban J connectivity index is 1.56. The lowest BCUT2D eigenvalue weighted by Crippen LogP contribution is -2.08. The van der Waals surface area contributed by atoms with Crippen molar-refractivity contribution in [3.8, 4) is 17.4 Å². The van der Waals surface area contributed by atoms with Crippen molar-refractivity contribution >= 4 is 16.7 Å². The third kappa shape index (κ3) is 5.21. The number of hydrogen-bond donors (Lipinski definition) is 0. The Morgan fingerprint density at radius 3 is 2.50 bits per heavy atom. The molecule has 0 radical (unpaired) electrons. The number of rotatable bonds is 9. The highest BCUT2D eigenvalue weighted by Crippen LogP contribution is 2.31. The Kier molecular flexibility index (Phi) is 6.60. The van der Waals surface area contributed by atoms with Crippen molar-refractivity contribution in [3.63, 3.8) is 0 Å². The fraction of sp³-hybridized carbons (Fsp3) is 0.192. The van der Waals surface area contributed by atoms with Crippen molar-refractivity contribution < 1.29 is 19.0 Å². The molecule has 0 fully saturated rings. The van der Waals surface area contributed by atoms with Crippen LogP contribution in [0.1, 0.15) is 23.7 Å². The van der Waals surface area contributed by atoms with E-state index in [1.54, 1.807) is 18.3 Å².